The maximum absolute atomic E-state index is 12.2. The average molecular weight is 304 g/mol. The van der Waals surface area contributed by atoms with Crippen LogP contribution in [0.5, 0.6) is 5.75 Å². The van der Waals surface area contributed by atoms with E-state index in [1.165, 1.54) is 18.1 Å². The van der Waals surface area contributed by atoms with Crippen LogP contribution in [0.25, 0.3) is 11.0 Å². The number of fused-ring (bicyclic) bond motifs is 1. The summed E-state index contributed by atoms with van der Waals surface area (Å²) in [6.45, 7) is -0.149. The fraction of sp³-hybridized carbons (Fsp3) is 0.267. The lowest BCUT2D eigenvalue weighted by Gasteiger charge is -2.11. The molecule has 116 valence electrons. The zero-order valence-corrected chi connectivity index (χ0v) is 12.5. The normalized spacial score (nSPS) is 10.3. The van der Waals surface area contributed by atoms with E-state index < -0.39 is 11.5 Å². The maximum atomic E-state index is 12.2. The number of amides is 2. The van der Waals surface area contributed by atoms with Gasteiger partial charge in [0.15, 0.2) is 0 Å². The fourth-order valence-electron chi connectivity index (χ4n) is 1.87. The molecule has 7 nitrogen and oxygen atoms in total. The summed E-state index contributed by atoms with van der Waals surface area (Å²) in [5.41, 5.74) is -0.249. The standard InChI is InChI=1S/C15H16N2O5/c1-17(2)13(18)8-16-15(20)11-7-14(19)22-12-6-9(21-3)4-5-10(11)12/h4-7H,8H2,1-3H3,(H,16,20). The summed E-state index contributed by atoms with van der Waals surface area (Å²) >= 11 is 0. The highest BCUT2D eigenvalue weighted by Crippen LogP contribution is 2.22. The number of nitrogens with one attached hydrogen (secondary N) is 1. The van der Waals surface area contributed by atoms with Gasteiger partial charge < -0.3 is 19.4 Å². The van der Waals surface area contributed by atoms with Crippen LogP contribution in [-0.2, 0) is 4.79 Å². The Morgan fingerprint density at radius 3 is 2.64 bits per heavy atom. The Kier molecular flexibility index (Phi) is 4.45. The van der Waals surface area contributed by atoms with E-state index in [-0.39, 0.29) is 23.6 Å². The van der Waals surface area contributed by atoms with Crippen LogP contribution in [0.3, 0.4) is 0 Å². The van der Waals surface area contributed by atoms with Gasteiger partial charge in [-0.1, -0.05) is 0 Å². The van der Waals surface area contributed by atoms with E-state index in [0.717, 1.165) is 6.07 Å². The predicted molar refractivity (Wildman–Crippen MR) is 80.1 cm³/mol. The molecule has 0 radical (unpaired) electrons. The molecular weight excluding hydrogens is 288 g/mol. The molecule has 0 bridgehead atoms. The minimum Gasteiger partial charge on any atom is -0.497 e. The molecule has 0 aliphatic carbocycles. The Morgan fingerprint density at radius 1 is 1.27 bits per heavy atom. The van der Waals surface area contributed by atoms with E-state index >= 15 is 0 Å². The van der Waals surface area contributed by atoms with Gasteiger partial charge in [-0.15, -0.1) is 0 Å². The lowest BCUT2D eigenvalue weighted by atomic mass is 10.1. The van der Waals surface area contributed by atoms with Crippen LogP contribution in [0.15, 0.2) is 33.5 Å². The third kappa shape index (κ3) is 3.25. The van der Waals surface area contributed by atoms with E-state index in [0.29, 0.717) is 11.1 Å². The molecule has 22 heavy (non-hydrogen) atoms. The predicted octanol–water partition coefficient (Wildman–Crippen LogP) is 0.620. The molecule has 0 saturated carbocycles. The van der Waals surface area contributed by atoms with Gasteiger partial charge >= 0.3 is 5.63 Å². The van der Waals surface area contributed by atoms with Crippen LogP contribution in [0, 0.1) is 0 Å². The summed E-state index contributed by atoms with van der Waals surface area (Å²) in [4.78, 5) is 36.7. The van der Waals surface area contributed by atoms with Gasteiger partial charge in [0.25, 0.3) is 5.91 Å². The van der Waals surface area contributed by atoms with Crippen LogP contribution in [-0.4, -0.2) is 44.5 Å². The highest BCUT2D eigenvalue weighted by atomic mass is 16.5. The first-order valence-corrected chi connectivity index (χ1v) is 6.52. The Labute approximate surface area is 126 Å². The number of hydrogen-bond acceptors (Lipinski definition) is 5. The molecule has 0 unspecified atom stereocenters. The van der Waals surface area contributed by atoms with Crippen molar-refractivity contribution < 1.29 is 18.7 Å². The first kappa shape index (κ1) is 15.6. The molecule has 1 aromatic carbocycles. The Balaban J connectivity index is 2.36. The highest BCUT2D eigenvalue weighted by Gasteiger charge is 2.15. The average Bonchev–Trinajstić information content (AvgIpc) is 2.50. The summed E-state index contributed by atoms with van der Waals surface area (Å²) in [5, 5.41) is 2.95. The molecule has 2 rings (SSSR count). The number of methoxy groups -OCH3 is 1. The second-order valence-corrected chi connectivity index (χ2v) is 4.81. The van der Waals surface area contributed by atoms with Gasteiger partial charge in [0.1, 0.15) is 11.3 Å². The van der Waals surface area contributed by atoms with Crippen molar-refractivity contribution in [1.82, 2.24) is 10.2 Å². The van der Waals surface area contributed by atoms with Crippen LogP contribution in [0.1, 0.15) is 10.4 Å². The highest BCUT2D eigenvalue weighted by molar-refractivity contribution is 6.06. The van der Waals surface area contributed by atoms with Crippen LogP contribution < -0.4 is 15.7 Å². The van der Waals surface area contributed by atoms with Gasteiger partial charge in [-0.05, 0) is 12.1 Å². The molecule has 2 aromatic rings. The lowest BCUT2D eigenvalue weighted by molar-refractivity contribution is -0.127. The van der Waals surface area contributed by atoms with Gasteiger partial charge in [-0.3, -0.25) is 9.59 Å². The van der Waals surface area contributed by atoms with Gasteiger partial charge in [0.2, 0.25) is 5.91 Å². The maximum Gasteiger partial charge on any atom is 0.337 e. The molecule has 1 aromatic heterocycles. The van der Waals surface area contributed by atoms with E-state index in [9.17, 15) is 14.4 Å². The van der Waals surface area contributed by atoms with Gasteiger partial charge in [-0.2, -0.15) is 0 Å². The number of nitrogens with zero attached hydrogens (tertiary/aromatic N) is 1. The number of ether oxygens (including phenoxy) is 1. The van der Waals surface area contributed by atoms with E-state index in [1.807, 2.05) is 0 Å². The SMILES string of the molecule is COc1ccc2c(C(=O)NCC(=O)N(C)C)cc(=O)oc2c1. The zero-order valence-electron chi connectivity index (χ0n) is 12.5. The number of likely N-dealkylation sites (N-methyl/N-ethyl adjacent to an activating group) is 1. The smallest absolute Gasteiger partial charge is 0.337 e. The molecule has 1 heterocycles. The molecule has 0 aliphatic heterocycles. The van der Waals surface area contributed by atoms with Crippen molar-refractivity contribution in [3.8, 4) is 5.75 Å². The van der Waals surface area contributed by atoms with Gasteiger partial charge in [0, 0.05) is 31.6 Å². The third-order valence-electron chi connectivity index (χ3n) is 3.10. The zero-order chi connectivity index (χ0) is 16.3. The van der Waals surface area contributed by atoms with Crippen molar-refractivity contribution >= 4 is 22.8 Å². The molecule has 0 aliphatic rings. The molecule has 1 N–H and O–H groups in total. The van der Waals surface area contributed by atoms with Crippen molar-refractivity contribution in [1.29, 1.82) is 0 Å². The topological polar surface area (TPSA) is 88.9 Å². The Bertz CT molecular complexity index is 779. The van der Waals surface area contributed by atoms with Crippen LogP contribution in [0.4, 0.5) is 0 Å². The van der Waals surface area contributed by atoms with E-state index in [2.05, 4.69) is 5.32 Å². The van der Waals surface area contributed by atoms with Gasteiger partial charge in [-0.25, -0.2) is 4.79 Å². The lowest BCUT2D eigenvalue weighted by Crippen LogP contribution is -2.36. The molecule has 2 amide bonds. The van der Waals surface area contributed by atoms with Gasteiger partial charge in [0.05, 0.1) is 19.2 Å². The fourth-order valence-corrected chi connectivity index (χ4v) is 1.87. The summed E-state index contributed by atoms with van der Waals surface area (Å²) in [7, 11) is 4.67. The summed E-state index contributed by atoms with van der Waals surface area (Å²) < 4.78 is 10.1. The first-order chi connectivity index (χ1) is 10.4. The van der Waals surface area contributed by atoms with E-state index in [1.54, 1.807) is 26.2 Å². The minimum atomic E-state index is -0.648. The number of rotatable bonds is 4. The number of carbonyl (C=O) groups excluding carboxylic acids is 2. The Hall–Kier alpha value is -2.83. The second kappa shape index (κ2) is 6.30. The number of benzene rings is 1. The number of carbonyl (C=O) groups is 2. The van der Waals surface area contributed by atoms with Crippen molar-refractivity contribution in [3.63, 3.8) is 0 Å². The minimum absolute atomic E-state index is 0.149. The number of hydrogen-bond donors (Lipinski definition) is 1. The Morgan fingerprint density at radius 2 is 2.00 bits per heavy atom. The van der Waals surface area contributed by atoms with Crippen LogP contribution in [0.2, 0.25) is 0 Å². The van der Waals surface area contributed by atoms with Crippen molar-refractivity contribution in [2.24, 2.45) is 0 Å². The van der Waals surface area contributed by atoms with E-state index in [4.69, 9.17) is 9.15 Å². The third-order valence-corrected chi connectivity index (χ3v) is 3.10. The molecule has 7 heteroatoms. The summed E-state index contributed by atoms with van der Waals surface area (Å²) in [5.74, 6) is -0.253. The van der Waals surface area contributed by atoms with Crippen molar-refractivity contribution in [3.05, 3.63) is 40.2 Å². The molecule has 0 saturated heterocycles. The molecular formula is C15H16N2O5. The summed E-state index contributed by atoms with van der Waals surface area (Å²) in [6.07, 6.45) is 0. The summed E-state index contributed by atoms with van der Waals surface area (Å²) in [6, 6.07) is 5.91. The van der Waals surface area contributed by atoms with Crippen LogP contribution >= 0.6 is 0 Å². The monoisotopic (exact) mass is 304 g/mol. The first-order valence-electron chi connectivity index (χ1n) is 6.52. The largest absolute Gasteiger partial charge is 0.497 e. The molecule has 0 atom stereocenters. The van der Waals surface area contributed by atoms with Crippen molar-refractivity contribution in [2.45, 2.75) is 0 Å². The quantitative estimate of drug-likeness (QED) is 0.836. The molecule has 0 fully saturated rings. The van der Waals surface area contributed by atoms with Crippen molar-refractivity contribution in [2.75, 3.05) is 27.7 Å². The second-order valence-electron chi connectivity index (χ2n) is 4.81. The molecule has 0 spiro atoms.